The van der Waals surface area contributed by atoms with Crippen molar-refractivity contribution in [1.82, 2.24) is 0 Å². The van der Waals surface area contributed by atoms with Gasteiger partial charge in [0.2, 0.25) is 5.82 Å². The van der Waals surface area contributed by atoms with Gasteiger partial charge in [0.1, 0.15) is 0 Å². The van der Waals surface area contributed by atoms with Crippen LogP contribution in [0.15, 0.2) is 12.1 Å². The fraction of sp³-hybridized carbons (Fsp3) is 0.250. The second-order valence-electron chi connectivity index (χ2n) is 2.11. The first-order valence-electron chi connectivity index (χ1n) is 3.43. The molecule has 0 unspecified atom stereocenters. The lowest BCUT2D eigenvalue weighted by molar-refractivity contribution is 0.314. The molecule has 1 rings (SSSR count). The molecule has 0 aliphatic rings. The SMILES string of the molecule is CCOc1c(Cl)ccc(F)c1F. The highest BCUT2D eigenvalue weighted by atomic mass is 35.5. The Morgan fingerprint density at radius 1 is 1.42 bits per heavy atom. The van der Waals surface area contributed by atoms with Gasteiger partial charge in [-0.05, 0) is 19.1 Å². The number of halogens is 3. The summed E-state index contributed by atoms with van der Waals surface area (Å²) in [6.45, 7) is 1.92. The molecule has 1 aromatic carbocycles. The predicted molar refractivity (Wildman–Crippen MR) is 42.5 cm³/mol. The molecule has 0 bridgehead atoms. The van der Waals surface area contributed by atoms with Crippen molar-refractivity contribution in [3.05, 3.63) is 28.8 Å². The lowest BCUT2D eigenvalue weighted by Gasteiger charge is -2.06. The van der Waals surface area contributed by atoms with Crippen LogP contribution in [0.4, 0.5) is 8.78 Å². The van der Waals surface area contributed by atoms with Crippen LogP contribution in [0.25, 0.3) is 0 Å². The molecule has 1 nitrogen and oxygen atoms in total. The van der Waals surface area contributed by atoms with Crippen molar-refractivity contribution in [3.8, 4) is 5.75 Å². The summed E-state index contributed by atoms with van der Waals surface area (Å²) in [6, 6.07) is 2.21. The van der Waals surface area contributed by atoms with Crippen molar-refractivity contribution in [2.24, 2.45) is 0 Å². The molecule has 4 heteroatoms. The van der Waals surface area contributed by atoms with E-state index in [-0.39, 0.29) is 17.4 Å². The second kappa shape index (κ2) is 3.72. The molecule has 0 aliphatic carbocycles. The van der Waals surface area contributed by atoms with Gasteiger partial charge in [-0.25, -0.2) is 4.39 Å². The maximum Gasteiger partial charge on any atom is 0.202 e. The van der Waals surface area contributed by atoms with Crippen LogP contribution < -0.4 is 4.74 Å². The Morgan fingerprint density at radius 3 is 2.67 bits per heavy atom. The lowest BCUT2D eigenvalue weighted by atomic mass is 10.3. The summed E-state index contributed by atoms with van der Waals surface area (Å²) in [4.78, 5) is 0. The molecule has 66 valence electrons. The fourth-order valence-electron chi connectivity index (χ4n) is 0.785. The molecule has 0 radical (unpaired) electrons. The van der Waals surface area contributed by atoms with Gasteiger partial charge in [-0.3, -0.25) is 0 Å². The molecule has 1 aromatic rings. The Morgan fingerprint density at radius 2 is 2.08 bits per heavy atom. The van der Waals surface area contributed by atoms with Gasteiger partial charge in [-0.2, -0.15) is 4.39 Å². The molecule has 0 aromatic heterocycles. The van der Waals surface area contributed by atoms with Crippen LogP contribution in [0.1, 0.15) is 6.92 Å². The Hall–Kier alpha value is -0.830. The van der Waals surface area contributed by atoms with Crippen LogP contribution in [0.2, 0.25) is 5.02 Å². The monoisotopic (exact) mass is 192 g/mol. The van der Waals surface area contributed by atoms with Gasteiger partial charge in [0, 0.05) is 0 Å². The number of rotatable bonds is 2. The maximum atomic E-state index is 12.9. The van der Waals surface area contributed by atoms with Crippen LogP contribution in [0.3, 0.4) is 0 Å². The summed E-state index contributed by atoms with van der Waals surface area (Å²) in [5.74, 6) is -2.22. The van der Waals surface area contributed by atoms with Gasteiger partial charge in [-0.1, -0.05) is 11.6 Å². The topological polar surface area (TPSA) is 9.23 Å². The zero-order valence-electron chi connectivity index (χ0n) is 6.40. The molecule has 0 N–H and O–H groups in total. The van der Waals surface area contributed by atoms with E-state index >= 15 is 0 Å². The van der Waals surface area contributed by atoms with Crippen molar-refractivity contribution in [3.63, 3.8) is 0 Å². The maximum absolute atomic E-state index is 12.9. The van der Waals surface area contributed by atoms with E-state index in [0.29, 0.717) is 0 Å². The molecule has 0 atom stereocenters. The number of hydrogen-bond donors (Lipinski definition) is 0. The third kappa shape index (κ3) is 1.67. The summed E-state index contributed by atoms with van der Waals surface area (Å²) >= 11 is 5.55. The second-order valence-corrected chi connectivity index (χ2v) is 2.51. The average Bonchev–Trinajstić information content (AvgIpc) is 2.06. The standard InChI is InChI=1S/C8H7ClF2O/c1-2-12-8-5(9)3-4-6(10)7(8)11/h3-4H,2H2,1H3. The quantitative estimate of drug-likeness (QED) is 0.655. The van der Waals surface area contributed by atoms with Crippen LogP contribution in [-0.4, -0.2) is 6.61 Å². The van der Waals surface area contributed by atoms with Crippen molar-refractivity contribution in [1.29, 1.82) is 0 Å². The Kier molecular flexibility index (Phi) is 2.87. The van der Waals surface area contributed by atoms with Crippen LogP contribution in [0.5, 0.6) is 5.75 Å². The van der Waals surface area contributed by atoms with Gasteiger partial charge in [0.05, 0.1) is 11.6 Å². The fourth-order valence-corrected chi connectivity index (χ4v) is 0.986. The Bertz CT molecular complexity index is 289. The van der Waals surface area contributed by atoms with Crippen LogP contribution in [0, 0.1) is 11.6 Å². The third-order valence-corrected chi connectivity index (χ3v) is 1.59. The van der Waals surface area contributed by atoms with E-state index < -0.39 is 11.6 Å². The van der Waals surface area contributed by atoms with Crippen molar-refractivity contribution in [2.75, 3.05) is 6.61 Å². The summed E-state index contributed by atoms with van der Waals surface area (Å²) in [5, 5.41) is 0.0794. The van der Waals surface area contributed by atoms with E-state index in [0.717, 1.165) is 6.07 Å². The minimum Gasteiger partial charge on any atom is -0.489 e. The van der Waals surface area contributed by atoms with Gasteiger partial charge in [0.15, 0.2) is 11.6 Å². The molecular weight excluding hydrogens is 186 g/mol. The van der Waals surface area contributed by atoms with E-state index in [1.165, 1.54) is 6.07 Å². The number of hydrogen-bond acceptors (Lipinski definition) is 1. The number of benzene rings is 1. The molecule has 0 fully saturated rings. The zero-order chi connectivity index (χ0) is 9.14. The zero-order valence-corrected chi connectivity index (χ0v) is 7.16. The van der Waals surface area contributed by atoms with E-state index in [4.69, 9.17) is 16.3 Å². The highest BCUT2D eigenvalue weighted by Gasteiger charge is 2.12. The summed E-state index contributed by atoms with van der Waals surface area (Å²) in [6.07, 6.45) is 0. The Balaban J connectivity index is 3.14. The van der Waals surface area contributed by atoms with Crippen molar-refractivity contribution >= 4 is 11.6 Å². The van der Waals surface area contributed by atoms with E-state index in [1.54, 1.807) is 6.92 Å². The van der Waals surface area contributed by atoms with E-state index in [1.807, 2.05) is 0 Å². The molecule has 0 spiro atoms. The normalized spacial score (nSPS) is 10.0. The molecule has 12 heavy (non-hydrogen) atoms. The van der Waals surface area contributed by atoms with Crippen molar-refractivity contribution < 1.29 is 13.5 Å². The smallest absolute Gasteiger partial charge is 0.202 e. The van der Waals surface area contributed by atoms with E-state index in [9.17, 15) is 8.78 Å². The number of ether oxygens (including phenoxy) is 1. The largest absolute Gasteiger partial charge is 0.489 e. The van der Waals surface area contributed by atoms with Crippen LogP contribution >= 0.6 is 11.6 Å². The van der Waals surface area contributed by atoms with E-state index in [2.05, 4.69) is 0 Å². The molecule has 0 saturated heterocycles. The molecular formula is C8H7ClF2O. The molecule has 0 amide bonds. The minimum atomic E-state index is -1.04. The minimum absolute atomic E-state index is 0.0794. The first-order chi connectivity index (χ1) is 5.66. The highest BCUT2D eigenvalue weighted by Crippen LogP contribution is 2.28. The summed E-state index contributed by atoms with van der Waals surface area (Å²) in [5.41, 5.74) is 0. The molecule has 0 heterocycles. The lowest BCUT2D eigenvalue weighted by Crippen LogP contribution is -1.97. The molecule has 0 aliphatic heterocycles. The molecule has 0 saturated carbocycles. The first kappa shape index (κ1) is 9.26. The van der Waals surface area contributed by atoms with Gasteiger partial charge < -0.3 is 4.74 Å². The van der Waals surface area contributed by atoms with Gasteiger partial charge in [0.25, 0.3) is 0 Å². The third-order valence-electron chi connectivity index (χ3n) is 1.29. The van der Waals surface area contributed by atoms with Gasteiger partial charge >= 0.3 is 0 Å². The van der Waals surface area contributed by atoms with Crippen molar-refractivity contribution in [2.45, 2.75) is 6.92 Å². The first-order valence-corrected chi connectivity index (χ1v) is 3.81. The van der Waals surface area contributed by atoms with Crippen LogP contribution in [-0.2, 0) is 0 Å². The van der Waals surface area contributed by atoms with Gasteiger partial charge in [-0.15, -0.1) is 0 Å². The predicted octanol–water partition coefficient (Wildman–Crippen LogP) is 3.02. The summed E-state index contributed by atoms with van der Waals surface area (Å²) < 4.78 is 30.2. The highest BCUT2D eigenvalue weighted by molar-refractivity contribution is 6.32. The Labute approximate surface area is 73.9 Å². The summed E-state index contributed by atoms with van der Waals surface area (Å²) in [7, 11) is 0. The average molecular weight is 193 g/mol.